The van der Waals surface area contributed by atoms with Gasteiger partial charge in [0.1, 0.15) is 0 Å². The van der Waals surface area contributed by atoms with Crippen LogP contribution in [0.3, 0.4) is 0 Å². The lowest BCUT2D eigenvalue weighted by Crippen LogP contribution is -2.37. The zero-order valence-electron chi connectivity index (χ0n) is 9.05. The maximum Gasteiger partial charge on any atom is 0.332 e. The molecule has 0 aliphatic heterocycles. The molecule has 2 amide bonds. The third-order valence-corrected chi connectivity index (χ3v) is 2.87. The van der Waals surface area contributed by atoms with E-state index in [2.05, 4.69) is 10.6 Å². The van der Waals surface area contributed by atoms with E-state index in [4.69, 9.17) is 10.2 Å². The Morgan fingerprint density at radius 1 is 1.41 bits per heavy atom. The van der Waals surface area contributed by atoms with Gasteiger partial charge in [0.05, 0.1) is 6.54 Å². The van der Waals surface area contributed by atoms with Crippen molar-refractivity contribution in [3.63, 3.8) is 0 Å². The first kappa shape index (κ1) is 13.5. The average molecular weight is 258 g/mol. The predicted molar refractivity (Wildman–Crippen MR) is 62.8 cm³/mol. The van der Waals surface area contributed by atoms with Crippen LogP contribution in [0.2, 0.25) is 0 Å². The number of nitrogens with one attached hydrogen (secondary N) is 2. The van der Waals surface area contributed by atoms with Gasteiger partial charge >= 0.3 is 12.0 Å². The molecule has 17 heavy (non-hydrogen) atoms. The van der Waals surface area contributed by atoms with Gasteiger partial charge in [-0.3, -0.25) is 0 Å². The SMILES string of the molecule is O=C(NCC[C@H](O)C(=O)O)NCc1cccs1. The molecule has 4 N–H and O–H groups in total. The highest BCUT2D eigenvalue weighted by atomic mass is 32.1. The Labute approximate surface area is 102 Å². The van der Waals surface area contributed by atoms with Crippen LogP contribution in [0, 0.1) is 0 Å². The summed E-state index contributed by atoms with van der Waals surface area (Å²) in [6.07, 6.45) is -1.45. The summed E-state index contributed by atoms with van der Waals surface area (Å²) in [4.78, 5) is 22.6. The molecule has 0 bridgehead atoms. The van der Waals surface area contributed by atoms with Gasteiger partial charge < -0.3 is 20.8 Å². The van der Waals surface area contributed by atoms with Crippen LogP contribution in [0.15, 0.2) is 17.5 Å². The number of carboxylic acids is 1. The van der Waals surface area contributed by atoms with Crippen molar-refractivity contribution in [3.05, 3.63) is 22.4 Å². The van der Waals surface area contributed by atoms with Crippen LogP contribution in [0.25, 0.3) is 0 Å². The third-order valence-electron chi connectivity index (χ3n) is 1.99. The Morgan fingerprint density at radius 3 is 2.76 bits per heavy atom. The van der Waals surface area contributed by atoms with Crippen molar-refractivity contribution in [2.24, 2.45) is 0 Å². The van der Waals surface area contributed by atoms with Crippen molar-refractivity contribution < 1.29 is 19.8 Å². The van der Waals surface area contributed by atoms with Crippen LogP contribution < -0.4 is 10.6 Å². The zero-order chi connectivity index (χ0) is 12.7. The largest absolute Gasteiger partial charge is 0.479 e. The molecule has 0 fully saturated rings. The Hall–Kier alpha value is -1.60. The highest BCUT2D eigenvalue weighted by Crippen LogP contribution is 2.06. The van der Waals surface area contributed by atoms with Crippen molar-refractivity contribution in [2.45, 2.75) is 19.1 Å². The van der Waals surface area contributed by atoms with Gasteiger partial charge in [0.25, 0.3) is 0 Å². The minimum absolute atomic E-state index is 0.0121. The molecule has 7 heteroatoms. The molecule has 1 rings (SSSR count). The second kappa shape index (κ2) is 6.87. The number of aliphatic hydroxyl groups excluding tert-OH is 1. The highest BCUT2D eigenvalue weighted by Gasteiger charge is 2.12. The van der Waals surface area contributed by atoms with E-state index in [1.807, 2.05) is 17.5 Å². The molecule has 0 spiro atoms. The molecule has 6 nitrogen and oxygen atoms in total. The topological polar surface area (TPSA) is 98.7 Å². The number of amides is 2. The number of carbonyl (C=O) groups excluding carboxylic acids is 1. The van der Waals surface area contributed by atoms with E-state index >= 15 is 0 Å². The number of hydrogen-bond donors (Lipinski definition) is 4. The fourth-order valence-electron chi connectivity index (χ4n) is 1.09. The minimum atomic E-state index is -1.44. The van der Waals surface area contributed by atoms with Gasteiger partial charge in [0.15, 0.2) is 6.10 Å². The number of hydrogen-bond acceptors (Lipinski definition) is 4. The van der Waals surface area contributed by atoms with Gasteiger partial charge in [0, 0.05) is 17.8 Å². The molecule has 0 aliphatic rings. The Kier molecular flexibility index (Phi) is 5.44. The van der Waals surface area contributed by atoms with Gasteiger partial charge in [-0.25, -0.2) is 9.59 Å². The van der Waals surface area contributed by atoms with Gasteiger partial charge in [0.2, 0.25) is 0 Å². The summed E-state index contributed by atoms with van der Waals surface area (Å²) in [5, 5.41) is 24.3. The first-order chi connectivity index (χ1) is 8.09. The second-order valence-electron chi connectivity index (χ2n) is 3.33. The number of carboxylic acid groups (broad SMARTS) is 1. The maximum atomic E-state index is 11.2. The Morgan fingerprint density at radius 2 is 2.18 bits per heavy atom. The first-order valence-electron chi connectivity index (χ1n) is 5.04. The average Bonchev–Trinajstić information content (AvgIpc) is 2.78. The Balaban J connectivity index is 2.11. The molecule has 0 unspecified atom stereocenters. The summed E-state index contributed by atoms with van der Waals surface area (Å²) in [6, 6.07) is 3.41. The molecular formula is C10H14N2O4S. The number of rotatable bonds is 6. The van der Waals surface area contributed by atoms with E-state index in [0.29, 0.717) is 6.54 Å². The van der Waals surface area contributed by atoms with E-state index < -0.39 is 12.1 Å². The van der Waals surface area contributed by atoms with Crippen LogP contribution in [-0.2, 0) is 11.3 Å². The van der Waals surface area contributed by atoms with E-state index in [-0.39, 0.29) is 19.0 Å². The Bertz CT molecular complexity index is 366. The molecule has 1 aromatic rings. The standard InChI is InChI=1S/C10H14N2O4S/c13-8(9(14)15)3-4-11-10(16)12-6-7-2-1-5-17-7/h1-2,5,8,13H,3-4,6H2,(H,14,15)(H2,11,12,16)/t8-/m0/s1. The number of aliphatic carboxylic acids is 1. The molecule has 0 saturated carbocycles. The van der Waals surface area contributed by atoms with Crippen LogP contribution in [0.5, 0.6) is 0 Å². The summed E-state index contributed by atoms with van der Waals surface area (Å²) < 4.78 is 0. The molecule has 0 radical (unpaired) electrons. The molecule has 1 atom stereocenters. The maximum absolute atomic E-state index is 11.2. The summed E-state index contributed by atoms with van der Waals surface area (Å²) in [5.41, 5.74) is 0. The monoisotopic (exact) mass is 258 g/mol. The molecule has 0 saturated heterocycles. The lowest BCUT2D eigenvalue weighted by atomic mass is 10.2. The summed E-state index contributed by atoms with van der Waals surface area (Å²) >= 11 is 1.54. The van der Waals surface area contributed by atoms with Crippen LogP contribution >= 0.6 is 11.3 Å². The number of aliphatic hydroxyl groups is 1. The van der Waals surface area contributed by atoms with E-state index in [9.17, 15) is 9.59 Å². The first-order valence-corrected chi connectivity index (χ1v) is 5.92. The summed E-state index contributed by atoms with van der Waals surface area (Å²) in [5.74, 6) is -1.29. The predicted octanol–water partition coefficient (Wildman–Crippen LogP) is 0.383. The summed E-state index contributed by atoms with van der Waals surface area (Å²) in [6.45, 7) is 0.550. The minimum Gasteiger partial charge on any atom is -0.479 e. The number of carbonyl (C=O) groups is 2. The lowest BCUT2D eigenvalue weighted by Gasteiger charge is -2.08. The fourth-order valence-corrected chi connectivity index (χ4v) is 1.73. The lowest BCUT2D eigenvalue weighted by molar-refractivity contribution is -0.146. The summed E-state index contributed by atoms with van der Waals surface area (Å²) in [7, 11) is 0. The molecule has 1 aromatic heterocycles. The normalized spacial score (nSPS) is 11.8. The second-order valence-corrected chi connectivity index (χ2v) is 4.36. The van der Waals surface area contributed by atoms with Crippen molar-refractivity contribution in [1.29, 1.82) is 0 Å². The zero-order valence-corrected chi connectivity index (χ0v) is 9.87. The third kappa shape index (κ3) is 5.32. The van der Waals surface area contributed by atoms with Crippen molar-refractivity contribution >= 4 is 23.3 Å². The van der Waals surface area contributed by atoms with Crippen LogP contribution in [0.1, 0.15) is 11.3 Å². The van der Waals surface area contributed by atoms with E-state index in [1.165, 1.54) is 11.3 Å². The van der Waals surface area contributed by atoms with Crippen molar-refractivity contribution in [1.82, 2.24) is 10.6 Å². The van der Waals surface area contributed by atoms with Gasteiger partial charge in [-0.05, 0) is 11.4 Å². The van der Waals surface area contributed by atoms with E-state index in [1.54, 1.807) is 0 Å². The van der Waals surface area contributed by atoms with Crippen molar-refractivity contribution in [3.8, 4) is 0 Å². The van der Waals surface area contributed by atoms with E-state index in [0.717, 1.165) is 4.88 Å². The number of urea groups is 1. The van der Waals surface area contributed by atoms with Gasteiger partial charge in [-0.15, -0.1) is 11.3 Å². The molecule has 94 valence electrons. The van der Waals surface area contributed by atoms with Gasteiger partial charge in [-0.2, -0.15) is 0 Å². The molecule has 1 heterocycles. The smallest absolute Gasteiger partial charge is 0.332 e. The van der Waals surface area contributed by atoms with Crippen LogP contribution in [-0.4, -0.2) is 34.9 Å². The van der Waals surface area contributed by atoms with Gasteiger partial charge in [-0.1, -0.05) is 6.07 Å². The number of thiophene rings is 1. The highest BCUT2D eigenvalue weighted by molar-refractivity contribution is 7.09. The molecule has 0 aromatic carbocycles. The quantitative estimate of drug-likeness (QED) is 0.593. The van der Waals surface area contributed by atoms with Crippen molar-refractivity contribution in [2.75, 3.05) is 6.54 Å². The van der Waals surface area contributed by atoms with Crippen LogP contribution in [0.4, 0.5) is 4.79 Å². The fraction of sp³-hybridized carbons (Fsp3) is 0.400. The molecular weight excluding hydrogens is 244 g/mol. The molecule has 0 aliphatic carbocycles.